The summed E-state index contributed by atoms with van der Waals surface area (Å²) in [6.45, 7) is 0.285. The Labute approximate surface area is 159 Å². The zero-order valence-corrected chi connectivity index (χ0v) is 15.4. The third-order valence-corrected chi connectivity index (χ3v) is 4.67. The van der Waals surface area contributed by atoms with E-state index < -0.39 is 0 Å². The number of halogens is 1. The second-order valence-electron chi connectivity index (χ2n) is 6.34. The Bertz CT molecular complexity index is 777. The van der Waals surface area contributed by atoms with Gasteiger partial charge in [0.2, 0.25) is 5.95 Å². The van der Waals surface area contributed by atoms with Crippen molar-refractivity contribution in [3.05, 3.63) is 41.6 Å². The molecule has 1 aromatic heterocycles. The Morgan fingerprint density at radius 1 is 1.19 bits per heavy atom. The first kappa shape index (κ1) is 18.3. The van der Waals surface area contributed by atoms with Gasteiger partial charge in [-0.1, -0.05) is 43.2 Å². The average molecular weight is 371 g/mol. The van der Waals surface area contributed by atoms with Crippen molar-refractivity contribution < 1.29 is 4.74 Å². The largest absolute Gasteiger partial charge is 0.481 e. The minimum absolute atomic E-state index is 0.254. The molecule has 1 saturated carbocycles. The maximum atomic E-state index is 5.78. The fourth-order valence-electron chi connectivity index (χ4n) is 2.96. The molecule has 0 radical (unpaired) electrons. The molecule has 0 aliphatic heterocycles. The van der Waals surface area contributed by atoms with Gasteiger partial charge in [0.05, 0.1) is 11.8 Å². The van der Waals surface area contributed by atoms with Crippen LogP contribution in [0.25, 0.3) is 0 Å². The lowest BCUT2D eigenvalue weighted by Crippen LogP contribution is -2.23. The lowest BCUT2D eigenvalue weighted by Gasteiger charge is -2.23. The van der Waals surface area contributed by atoms with Crippen LogP contribution >= 0.6 is 11.6 Å². The summed E-state index contributed by atoms with van der Waals surface area (Å²) in [5, 5.41) is 3.47. The van der Waals surface area contributed by atoms with Crippen LogP contribution in [-0.4, -0.2) is 22.6 Å². The minimum atomic E-state index is 0.254. The van der Waals surface area contributed by atoms with Gasteiger partial charge in [-0.2, -0.15) is 4.98 Å². The van der Waals surface area contributed by atoms with Crippen LogP contribution in [0.3, 0.4) is 0 Å². The van der Waals surface area contributed by atoms with Gasteiger partial charge < -0.3 is 15.8 Å². The van der Waals surface area contributed by atoms with Crippen molar-refractivity contribution in [2.24, 2.45) is 0 Å². The summed E-state index contributed by atoms with van der Waals surface area (Å²) in [5.74, 6) is 8.33. The number of ether oxygens (including phenoxy) is 1. The highest BCUT2D eigenvalue weighted by Gasteiger charge is 2.15. The van der Waals surface area contributed by atoms with Crippen LogP contribution in [0.4, 0.5) is 11.8 Å². The first-order valence-corrected chi connectivity index (χ1v) is 9.43. The molecule has 5 nitrogen and oxygen atoms in total. The van der Waals surface area contributed by atoms with Crippen LogP contribution in [0.5, 0.6) is 5.75 Å². The number of anilines is 2. The van der Waals surface area contributed by atoms with Crippen LogP contribution in [-0.2, 0) is 5.88 Å². The van der Waals surface area contributed by atoms with E-state index in [4.69, 9.17) is 22.1 Å². The van der Waals surface area contributed by atoms with Crippen LogP contribution in [0.2, 0.25) is 0 Å². The summed E-state index contributed by atoms with van der Waals surface area (Å²) in [6.07, 6.45) is 7.76. The highest BCUT2D eigenvalue weighted by Crippen LogP contribution is 2.22. The van der Waals surface area contributed by atoms with Crippen molar-refractivity contribution in [3.63, 3.8) is 0 Å². The first-order chi connectivity index (χ1) is 12.7. The topological polar surface area (TPSA) is 73.1 Å². The van der Waals surface area contributed by atoms with E-state index in [1.807, 2.05) is 24.3 Å². The number of aromatic nitrogens is 2. The second kappa shape index (κ2) is 9.30. The van der Waals surface area contributed by atoms with E-state index in [9.17, 15) is 0 Å². The molecule has 1 aromatic carbocycles. The van der Waals surface area contributed by atoms with Gasteiger partial charge in [0.25, 0.3) is 0 Å². The molecule has 6 heteroatoms. The fraction of sp³-hybridized carbons (Fsp3) is 0.400. The molecule has 3 rings (SSSR count). The van der Waals surface area contributed by atoms with Gasteiger partial charge in [-0.25, -0.2) is 4.98 Å². The Balaban J connectivity index is 1.62. The third kappa shape index (κ3) is 5.27. The van der Waals surface area contributed by atoms with Crippen molar-refractivity contribution in [2.75, 3.05) is 17.7 Å². The highest BCUT2D eigenvalue weighted by atomic mass is 35.5. The van der Waals surface area contributed by atoms with Crippen LogP contribution < -0.4 is 15.8 Å². The van der Waals surface area contributed by atoms with Gasteiger partial charge >= 0.3 is 0 Å². The Morgan fingerprint density at radius 3 is 2.69 bits per heavy atom. The molecule has 0 saturated heterocycles. The van der Waals surface area contributed by atoms with Crippen molar-refractivity contribution in [2.45, 2.75) is 44.0 Å². The predicted molar refractivity (Wildman–Crippen MR) is 105 cm³/mol. The molecule has 136 valence electrons. The first-order valence-electron chi connectivity index (χ1n) is 8.90. The van der Waals surface area contributed by atoms with Crippen molar-refractivity contribution in [1.29, 1.82) is 0 Å². The number of nitrogens with two attached hydrogens (primary N) is 1. The average Bonchev–Trinajstić information content (AvgIpc) is 2.68. The normalized spacial score (nSPS) is 14.3. The minimum Gasteiger partial charge on any atom is -0.481 e. The number of nitrogens with one attached hydrogen (secondary N) is 1. The lowest BCUT2D eigenvalue weighted by molar-refractivity contribution is 0.370. The van der Waals surface area contributed by atoms with Gasteiger partial charge in [0, 0.05) is 11.9 Å². The summed E-state index contributed by atoms with van der Waals surface area (Å²) >= 11 is 5.78. The molecule has 2 aromatic rings. The molecule has 0 spiro atoms. The number of hydrogen-bond acceptors (Lipinski definition) is 5. The van der Waals surface area contributed by atoms with Crippen molar-refractivity contribution >= 4 is 23.4 Å². The molecule has 0 amide bonds. The molecule has 3 N–H and O–H groups in total. The molecule has 1 heterocycles. The highest BCUT2D eigenvalue weighted by molar-refractivity contribution is 6.17. The number of alkyl halides is 1. The molecule has 1 aliphatic rings. The monoisotopic (exact) mass is 370 g/mol. The van der Waals surface area contributed by atoms with E-state index in [1.54, 1.807) is 6.20 Å². The molecular formula is C20H23ClN4O. The molecule has 0 unspecified atom stereocenters. The SMILES string of the molecule is Nc1ncc(C#CCOc2ccc(CCl)cc2)c(NC2CCCCC2)n1. The summed E-state index contributed by atoms with van der Waals surface area (Å²) < 4.78 is 5.64. The smallest absolute Gasteiger partial charge is 0.222 e. The van der Waals surface area contributed by atoms with Gasteiger partial charge in [0.15, 0.2) is 0 Å². The molecule has 1 aliphatic carbocycles. The lowest BCUT2D eigenvalue weighted by atomic mass is 9.95. The Kier molecular flexibility index (Phi) is 6.56. The van der Waals surface area contributed by atoms with Crippen LogP contribution in [0.1, 0.15) is 43.2 Å². The second-order valence-corrected chi connectivity index (χ2v) is 6.61. The third-order valence-electron chi connectivity index (χ3n) is 4.37. The quantitative estimate of drug-likeness (QED) is 0.615. The molecule has 1 fully saturated rings. The van der Waals surface area contributed by atoms with Crippen molar-refractivity contribution in [3.8, 4) is 17.6 Å². The van der Waals surface area contributed by atoms with Gasteiger partial charge in [-0.05, 0) is 30.5 Å². The van der Waals surface area contributed by atoms with Gasteiger partial charge in [0.1, 0.15) is 18.2 Å². The van der Waals surface area contributed by atoms with E-state index in [0.717, 1.165) is 29.7 Å². The molecular weight excluding hydrogens is 348 g/mol. The Morgan fingerprint density at radius 2 is 1.96 bits per heavy atom. The summed E-state index contributed by atoms with van der Waals surface area (Å²) in [7, 11) is 0. The van der Waals surface area contributed by atoms with Crippen molar-refractivity contribution in [1.82, 2.24) is 9.97 Å². The van der Waals surface area contributed by atoms with Crippen LogP contribution in [0.15, 0.2) is 30.5 Å². The molecule has 26 heavy (non-hydrogen) atoms. The number of hydrogen-bond donors (Lipinski definition) is 2. The van der Waals surface area contributed by atoms with Gasteiger partial charge in [-0.3, -0.25) is 0 Å². The van der Waals surface area contributed by atoms with E-state index in [-0.39, 0.29) is 12.6 Å². The standard InChI is InChI=1S/C20H23ClN4O/c21-13-15-8-10-18(11-9-15)26-12-4-5-16-14-23-20(22)25-19(16)24-17-6-2-1-3-7-17/h8-11,14,17H,1-3,6-7,12-13H2,(H3,22,23,24,25). The Hall–Kier alpha value is -2.45. The maximum absolute atomic E-state index is 5.78. The maximum Gasteiger partial charge on any atom is 0.222 e. The number of rotatable bonds is 5. The van der Waals surface area contributed by atoms with Gasteiger partial charge in [-0.15, -0.1) is 11.6 Å². The molecule has 0 atom stereocenters. The van der Waals surface area contributed by atoms with E-state index >= 15 is 0 Å². The van der Waals surface area contributed by atoms with E-state index in [2.05, 4.69) is 27.1 Å². The summed E-state index contributed by atoms with van der Waals surface area (Å²) in [6, 6.07) is 8.09. The summed E-state index contributed by atoms with van der Waals surface area (Å²) in [4.78, 5) is 8.38. The number of nitrogens with zero attached hydrogens (tertiary/aromatic N) is 2. The summed E-state index contributed by atoms with van der Waals surface area (Å²) in [5.41, 5.74) is 7.54. The fourth-order valence-corrected chi connectivity index (χ4v) is 3.14. The predicted octanol–water partition coefficient (Wildman–Crippen LogP) is 3.97. The number of nitrogen functional groups attached to an aromatic ring is 1. The van der Waals surface area contributed by atoms with E-state index in [1.165, 1.54) is 19.3 Å². The zero-order valence-electron chi connectivity index (χ0n) is 14.7. The zero-order chi connectivity index (χ0) is 18.2. The van der Waals surface area contributed by atoms with E-state index in [0.29, 0.717) is 17.7 Å². The van der Waals surface area contributed by atoms with Crippen LogP contribution in [0, 0.1) is 11.8 Å². The molecule has 0 bridgehead atoms. The number of benzene rings is 1.